The van der Waals surface area contributed by atoms with Crippen molar-refractivity contribution in [2.75, 3.05) is 6.54 Å². The van der Waals surface area contributed by atoms with Crippen LogP contribution in [0.3, 0.4) is 0 Å². The fourth-order valence-electron chi connectivity index (χ4n) is 1.85. The molecular formula is C10H10N2. The van der Waals surface area contributed by atoms with E-state index in [0.29, 0.717) is 6.04 Å². The van der Waals surface area contributed by atoms with E-state index in [2.05, 4.69) is 34.9 Å². The van der Waals surface area contributed by atoms with Gasteiger partial charge in [-0.3, -0.25) is 0 Å². The average molecular weight is 158 g/mol. The molecule has 2 nitrogen and oxygen atoms in total. The lowest BCUT2D eigenvalue weighted by molar-refractivity contribution is 0.819. The average Bonchev–Trinajstić information content (AvgIpc) is 2.64. The van der Waals surface area contributed by atoms with Gasteiger partial charge >= 0.3 is 0 Å². The van der Waals surface area contributed by atoms with Gasteiger partial charge in [0.05, 0.1) is 6.04 Å². The van der Waals surface area contributed by atoms with Crippen LogP contribution in [-0.4, -0.2) is 12.6 Å². The molecule has 0 aromatic heterocycles. The van der Waals surface area contributed by atoms with Crippen molar-refractivity contribution in [2.45, 2.75) is 6.04 Å². The first-order valence-electron chi connectivity index (χ1n) is 4.24. The molecule has 0 spiro atoms. The van der Waals surface area contributed by atoms with Crippen molar-refractivity contribution in [3.05, 3.63) is 47.3 Å². The summed E-state index contributed by atoms with van der Waals surface area (Å²) in [6.07, 6.45) is 10.9. The first-order chi connectivity index (χ1) is 5.93. The van der Waals surface area contributed by atoms with Crippen LogP contribution in [0.1, 0.15) is 0 Å². The van der Waals surface area contributed by atoms with Crippen molar-refractivity contribution in [3.8, 4) is 0 Å². The Labute approximate surface area is 71.3 Å². The van der Waals surface area contributed by atoms with Crippen LogP contribution in [-0.2, 0) is 0 Å². The van der Waals surface area contributed by atoms with Crippen LogP contribution in [0.25, 0.3) is 0 Å². The Bertz CT molecular complexity index is 345. The van der Waals surface area contributed by atoms with E-state index in [9.17, 15) is 0 Å². The summed E-state index contributed by atoms with van der Waals surface area (Å²) in [5.41, 5.74) is 3.99. The lowest BCUT2D eigenvalue weighted by Gasteiger charge is -2.16. The van der Waals surface area contributed by atoms with Gasteiger partial charge in [-0.25, -0.2) is 0 Å². The highest BCUT2D eigenvalue weighted by Crippen LogP contribution is 2.26. The highest BCUT2D eigenvalue weighted by Gasteiger charge is 2.21. The van der Waals surface area contributed by atoms with Gasteiger partial charge in [-0.15, -0.1) is 0 Å². The zero-order valence-corrected chi connectivity index (χ0v) is 6.67. The molecule has 2 heterocycles. The Kier molecular flexibility index (Phi) is 1.04. The summed E-state index contributed by atoms with van der Waals surface area (Å²) in [4.78, 5) is 0. The van der Waals surface area contributed by atoms with Crippen molar-refractivity contribution in [3.63, 3.8) is 0 Å². The van der Waals surface area contributed by atoms with Crippen LogP contribution in [0, 0.1) is 0 Å². The molecule has 0 amide bonds. The molecule has 0 radical (unpaired) electrons. The largest absolute Gasteiger partial charge is 0.381 e. The van der Waals surface area contributed by atoms with Crippen molar-refractivity contribution in [1.29, 1.82) is 0 Å². The molecule has 2 heteroatoms. The fraction of sp³-hybridized carbons (Fsp3) is 0.200. The molecule has 0 fully saturated rings. The molecular weight excluding hydrogens is 148 g/mol. The lowest BCUT2D eigenvalue weighted by atomic mass is 9.98. The SMILES string of the molecule is C1=CC2=CC3=CCNC3=CC2N1. The summed E-state index contributed by atoms with van der Waals surface area (Å²) in [6.45, 7) is 0.974. The number of hydrogen-bond donors (Lipinski definition) is 2. The molecule has 60 valence electrons. The maximum Gasteiger partial charge on any atom is 0.0716 e. The van der Waals surface area contributed by atoms with Crippen LogP contribution in [0.4, 0.5) is 0 Å². The Hall–Kier alpha value is -1.44. The van der Waals surface area contributed by atoms with Crippen LogP contribution < -0.4 is 10.6 Å². The predicted molar refractivity (Wildman–Crippen MR) is 48.3 cm³/mol. The Morgan fingerprint density at radius 3 is 3.42 bits per heavy atom. The molecule has 3 rings (SSSR count). The van der Waals surface area contributed by atoms with Crippen molar-refractivity contribution in [1.82, 2.24) is 10.6 Å². The third-order valence-electron chi connectivity index (χ3n) is 2.49. The minimum Gasteiger partial charge on any atom is -0.381 e. The van der Waals surface area contributed by atoms with Gasteiger partial charge in [-0.2, -0.15) is 0 Å². The highest BCUT2D eigenvalue weighted by atomic mass is 14.9. The van der Waals surface area contributed by atoms with Crippen molar-refractivity contribution in [2.24, 2.45) is 0 Å². The maximum absolute atomic E-state index is 3.33. The summed E-state index contributed by atoms with van der Waals surface area (Å²) in [5, 5.41) is 6.61. The molecule has 12 heavy (non-hydrogen) atoms. The molecule has 1 atom stereocenters. The van der Waals surface area contributed by atoms with Gasteiger partial charge in [0.25, 0.3) is 0 Å². The van der Waals surface area contributed by atoms with Gasteiger partial charge in [0.1, 0.15) is 0 Å². The second-order valence-corrected chi connectivity index (χ2v) is 3.24. The summed E-state index contributed by atoms with van der Waals surface area (Å²) in [5.74, 6) is 0. The second kappa shape index (κ2) is 2.03. The number of fused-ring (bicyclic) bond motifs is 2. The summed E-state index contributed by atoms with van der Waals surface area (Å²) in [6, 6.07) is 0.405. The van der Waals surface area contributed by atoms with Crippen LogP contribution in [0.2, 0.25) is 0 Å². The third-order valence-corrected chi connectivity index (χ3v) is 2.49. The monoisotopic (exact) mass is 158 g/mol. The minimum atomic E-state index is 0.405. The molecule has 0 aromatic carbocycles. The van der Waals surface area contributed by atoms with Crippen molar-refractivity contribution >= 4 is 0 Å². The maximum atomic E-state index is 3.33. The van der Waals surface area contributed by atoms with Crippen LogP contribution >= 0.6 is 0 Å². The van der Waals surface area contributed by atoms with E-state index in [1.54, 1.807) is 0 Å². The Morgan fingerprint density at radius 1 is 1.42 bits per heavy atom. The highest BCUT2D eigenvalue weighted by molar-refractivity contribution is 5.54. The molecule has 2 aliphatic heterocycles. The topological polar surface area (TPSA) is 24.1 Å². The van der Waals surface area contributed by atoms with Gasteiger partial charge in [0, 0.05) is 12.2 Å². The zero-order valence-electron chi connectivity index (χ0n) is 6.67. The lowest BCUT2D eigenvalue weighted by Crippen LogP contribution is -2.23. The van der Waals surface area contributed by atoms with E-state index in [-0.39, 0.29) is 0 Å². The van der Waals surface area contributed by atoms with E-state index in [4.69, 9.17) is 0 Å². The molecule has 1 unspecified atom stereocenters. The third kappa shape index (κ3) is 0.694. The minimum absolute atomic E-state index is 0.405. The van der Waals surface area contributed by atoms with Crippen LogP contribution in [0.15, 0.2) is 47.3 Å². The Balaban J connectivity index is 2.09. The van der Waals surface area contributed by atoms with E-state index in [1.165, 1.54) is 16.8 Å². The standard InChI is InChI=1S/C10H10N2/c1-3-11-9-6-10-8(2-4-12-10)5-7(1)9/h1-3,5-6,9,11-12H,4H2. The number of allylic oxidation sites excluding steroid dienone is 1. The fourth-order valence-corrected chi connectivity index (χ4v) is 1.85. The zero-order chi connectivity index (χ0) is 7.97. The first-order valence-corrected chi connectivity index (χ1v) is 4.24. The second-order valence-electron chi connectivity index (χ2n) is 3.24. The smallest absolute Gasteiger partial charge is 0.0716 e. The van der Waals surface area contributed by atoms with Gasteiger partial charge in [-0.1, -0.05) is 6.08 Å². The molecule has 2 N–H and O–H groups in total. The first kappa shape index (κ1) is 6.12. The van der Waals surface area contributed by atoms with Gasteiger partial charge < -0.3 is 10.6 Å². The number of rotatable bonds is 0. The normalized spacial score (nSPS) is 29.3. The van der Waals surface area contributed by atoms with Crippen molar-refractivity contribution < 1.29 is 0 Å². The summed E-state index contributed by atoms with van der Waals surface area (Å²) < 4.78 is 0. The Morgan fingerprint density at radius 2 is 2.42 bits per heavy atom. The van der Waals surface area contributed by atoms with E-state index < -0.39 is 0 Å². The molecule has 0 saturated carbocycles. The molecule has 0 aromatic rings. The van der Waals surface area contributed by atoms with Gasteiger partial charge in [0.2, 0.25) is 0 Å². The predicted octanol–water partition coefficient (Wildman–Crippen LogP) is 0.825. The quantitative estimate of drug-likeness (QED) is 0.545. The molecule has 3 aliphatic rings. The molecule has 0 saturated heterocycles. The van der Waals surface area contributed by atoms with Gasteiger partial charge in [-0.05, 0) is 35.6 Å². The number of nitrogens with one attached hydrogen (secondary N) is 2. The summed E-state index contributed by atoms with van der Waals surface area (Å²) >= 11 is 0. The van der Waals surface area contributed by atoms with E-state index in [0.717, 1.165) is 6.54 Å². The van der Waals surface area contributed by atoms with E-state index in [1.807, 2.05) is 6.20 Å². The molecule has 0 bridgehead atoms. The van der Waals surface area contributed by atoms with E-state index >= 15 is 0 Å². The summed E-state index contributed by atoms with van der Waals surface area (Å²) in [7, 11) is 0. The number of hydrogen-bond acceptors (Lipinski definition) is 2. The molecule has 1 aliphatic carbocycles. The van der Waals surface area contributed by atoms with Gasteiger partial charge in [0.15, 0.2) is 0 Å². The van der Waals surface area contributed by atoms with Crippen LogP contribution in [0.5, 0.6) is 0 Å².